The molecule has 1 N–H and O–H groups in total. The van der Waals surface area contributed by atoms with Gasteiger partial charge in [-0.2, -0.15) is 0 Å². The van der Waals surface area contributed by atoms with E-state index in [0.717, 1.165) is 45.6 Å². The number of methoxy groups -OCH3 is 1. The van der Waals surface area contributed by atoms with Gasteiger partial charge in [0.15, 0.2) is 0 Å². The number of morpholine rings is 1. The summed E-state index contributed by atoms with van der Waals surface area (Å²) in [7, 11) is 1.45. The molecule has 5 heteroatoms. The van der Waals surface area contributed by atoms with Crippen molar-refractivity contribution in [2.45, 2.75) is 31.9 Å². The highest BCUT2D eigenvalue weighted by Gasteiger charge is 2.37. The molecular formula is C13H24N2O3. The lowest BCUT2D eigenvalue weighted by molar-refractivity contribution is -0.144. The summed E-state index contributed by atoms with van der Waals surface area (Å²) < 4.78 is 10.6. The molecule has 1 saturated carbocycles. The van der Waals surface area contributed by atoms with Gasteiger partial charge in [-0.05, 0) is 25.3 Å². The molecule has 1 aliphatic heterocycles. The molecule has 5 nitrogen and oxygen atoms in total. The summed E-state index contributed by atoms with van der Waals surface area (Å²) in [4.78, 5) is 14.0. The van der Waals surface area contributed by atoms with Crippen LogP contribution in [-0.2, 0) is 14.3 Å². The number of hydrogen-bond acceptors (Lipinski definition) is 5. The number of carbonyl (C=O) groups excluding carboxylic acids is 1. The predicted molar refractivity (Wildman–Crippen MR) is 68.4 cm³/mol. The van der Waals surface area contributed by atoms with E-state index in [9.17, 15) is 4.79 Å². The summed E-state index contributed by atoms with van der Waals surface area (Å²) in [6.45, 7) is 6.69. The second kappa shape index (κ2) is 6.50. The van der Waals surface area contributed by atoms with Crippen molar-refractivity contribution in [3.63, 3.8) is 0 Å². The highest BCUT2D eigenvalue weighted by Crippen LogP contribution is 2.33. The van der Waals surface area contributed by atoms with E-state index < -0.39 is 0 Å². The van der Waals surface area contributed by atoms with Crippen LogP contribution in [0.15, 0.2) is 0 Å². The van der Waals surface area contributed by atoms with Gasteiger partial charge in [0.1, 0.15) is 6.04 Å². The lowest BCUT2D eigenvalue weighted by Crippen LogP contribution is -2.50. The number of rotatable bonds is 6. The summed E-state index contributed by atoms with van der Waals surface area (Å²) >= 11 is 0. The molecule has 2 rings (SSSR count). The van der Waals surface area contributed by atoms with Crippen LogP contribution in [0.2, 0.25) is 0 Å². The van der Waals surface area contributed by atoms with Crippen LogP contribution in [0.25, 0.3) is 0 Å². The average molecular weight is 256 g/mol. The first-order valence-corrected chi connectivity index (χ1v) is 6.89. The molecule has 0 amide bonds. The number of ether oxygens (including phenoxy) is 2. The number of hydrogen-bond donors (Lipinski definition) is 1. The van der Waals surface area contributed by atoms with E-state index >= 15 is 0 Å². The fourth-order valence-corrected chi connectivity index (χ4v) is 2.45. The largest absolute Gasteiger partial charge is 0.468 e. The summed E-state index contributed by atoms with van der Waals surface area (Å²) in [5, 5.41) is 3.32. The number of esters is 1. The van der Waals surface area contributed by atoms with Crippen molar-refractivity contribution in [1.82, 2.24) is 10.2 Å². The van der Waals surface area contributed by atoms with Crippen molar-refractivity contribution >= 4 is 5.97 Å². The van der Waals surface area contributed by atoms with E-state index in [1.54, 1.807) is 0 Å². The van der Waals surface area contributed by atoms with Gasteiger partial charge < -0.3 is 14.8 Å². The Hall–Kier alpha value is -0.650. The minimum Gasteiger partial charge on any atom is -0.468 e. The molecule has 0 aromatic carbocycles. The second-order valence-corrected chi connectivity index (χ2v) is 5.13. The second-order valence-electron chi connectivity index (χ2n) is 5.13. The molecule has 2 atom stereocenters. The van der Waals surface area contributed by atoms with Crippen LogP contribution in [0.4, 0.5) is 0 Å². The van der Waals surface area contributed by atoms with Crippen molar-refractivity contribution in [2.24, 2.45) is 5.92 Å². The quantitative estimate of drug-likeness (QED) is 0.690. The van der Waals surface area contributed by atoms with Gasteiger partial charge in [-0.15, -0.1) is 0 Å². The summed E-state index contributed by atoms with van der Waals surface area (Å²) in [5.41, 5.74) is 0. The Balaban J connectivity index is 1.76. The SMILES string of the molecule is CCN1CCOC(CNC(C(=O)OC)C2CC2)C1. The summed E-state index contributed by atoms with van der Waals surface area (Å²) in [6, 6.07) is -0.143. The monoisotopic (exact) mass is 256 g/mol. The maximum Gasteiger partial charge on any atom is 0.323 e. The Bertz CT molecular complexity index is 281. The highest BCUT2D eigenvalue weighted by molar-refractivity contribution is 5.76. The molecule has 104 valence electrons. The van der Waals surface area contributed by atoms with E-state index in [0.29, 0.717) is 5.92 Å². The first-order chi connectivity index (χ1) is 8.74. The predicted octanol–water partition coefficient (Wildman–Crippen LogP) is 0.248. The fourth-order valence-electron chi connectivity index (χ4n) is 2.45. The Kier molecular flexibility index (Phi) is 4.97. The first kappa shape index (κ1) is 13.8. The molecule has 0 spiro atoms. The molecular weight excluding hydrogens is 232 g/mol. The zero-order valence-electron chi connectivity index (χ0n) is 11.4. The normalized spacial score (nSPS) is 26.9. The smallest absolute Gasteiger partial charge is 0.323 e. The van der Waals surface area contributed by atoms with Crippen molar-refractivity contribution in [3.8, 4) is 0 Å². The van der Waals surface area contributed by atoms with Gasteiger partial charge in [-0.1, -0.05) is 6.92 Å². The molecule has 1 saturated heterocycles. The maximum absolute atomic E-state index is 11.7. The average Bonchev–Trinajstić information content (AvgIpc) is 3.23. The van der Waals surface area contributed by atoms with Gasteiger partial charge in [0.05, 0.1) is 19.8 Å². The van der Waals surface area contributed by atoms with Gasteiger partial charge in [0.2, 0.25) is 0 Å². The molecule has 1 aliphatic carbocycles. The Morgan fingerprint density at radius 3 is 2.94 bits per heavy atom. The van der Waals surface area contributed by atoms with Gasteiger partial charge in [0, 0.05) is 19.6 Å². The minimum absolute atomic E-state index is 0.138. The summed E-state index contributed by atoms with van der Waals surface area (Å²) in [5.74, 6) is 0.323. The fraction of sp³-hybridized carbons (Fsp3) is 0.923. The van der Waals surface area contributed by atoms with Gasteiger partial charge in [0.25, 0.3) is 0 Å². The van der Waals surface area contributed by atoms with Crippen LogP contribution < -0.4 is 5.32 Å². The minimum atomic E-state index is -0.143. The number of likely N-dealkylation sites (N-methyl/N-ethyl adjacent to an activating group) is 1. The van der Waals surface area contributed by atoms with Crippen LogP contribution in [0.1, 0.15) is 19.8 Å². The zero-order chi connectivity index (χ0) is 13.0. The standard InChI is InChI=1S/C13H24N2O3/c1-3-15-6-7-18-11(9-15)8-14-12(10-4-5-10)13(16)17-2/h10-12,14H,3-9H2,1-2H3. The number of nitrogens with zero attached hydrogens (tertiary/aromatic N) is 1. The molecule has 18 heavy (non-hydrogen) atoms. The van der Waals surface area contributed by atoms with Gasteiger partial charge >= 0.3 is 5.97 Å². The Morgan fingerprint density at radius 2 is 2.33 bits per heavy atom. The Labute approximate surface area is 109 Å². The van der Waals surface area contributed by atoms with Crippen LogP contribution in [0.5, 0.6) is 0 Å². The molecule has 0 bridgehead atoms. The van der Waals surface area contributed by atoms with E-state index in [-0.39, 0.29) is 18.1 Å². The van der Waals surface area contributed by atoms with Crippen LogP contribution in [0, 0.1) is 5.92 Å². The van der Waals surface area contributed by atoms with Crippen LogP contribution in [0.3, 0.4) is 0 Å². The van der Waals surface area contributed by atoms with Crippen LogP contribution in [-0.4, -0.2) is 62.9 Å². The lowest BCUT2D eigenvalue weighted by atomic mass is 10.1. The van der Waals surface area contributed by atoms with E-state index in [4.69, 9.17) is 9.47 Å². The molecule has 2 unspecified atom stereocenters. The molecule has 0 radical (unpaired) electrons. The molecule has 2 fully saturated rings. The molecule has 0 aromatic heterocycles. The van der Waals surface area contributed by atoms with Crippen molar-refractivity contribution in [2.75, 3.05) is 39.9 Å². The number of nitrogens with one attached hydrogen (secondary N) is 1. The summed E-state index contributed by atoms with van der Waals surface area (Å²) in [6.07, 6.45) is 2.43. The van der Waals surface area contributed by atoms with Crippen molar-refractivity contribution in [3.05, 3.63) is 0 Å². The van der Waals surface area contributed by atoms with Crippen molar-refractivity contribution < 1.29 is 14.3 Å². The Morgan fingerprint density at radius 1 is 1.56 bits per heavy atom. The van der Waals surface area contributed by atoms with E-state index in [2.05, 4.69) is 17.1 Å². The van der Waals surface area contributed by atoms with E-state index in [1.165, 1.54) is 7.11 Å². The molecule has 2 aliphatic rings. The topological polar surface area (TPSA) is 50.8 Å². The third kappa shape index (κ3) is 3.67. The third-order valence-electron chi connectivity index (χ3n) is 3.78. The van der Waals surface area contributed by atoms with Crippen LogP contribution >= 0.6 is 0 Å². The maximum atomic E-state index is 11.7. The van der Waals surface area contributed by atoms with Crippen molar-refractivity contribution in [1.29, 1.82) is 0 Å². The number of carbonyl (C=O) groups is 1. The molecule has 1 heterocycles. The van der Waals surface area contributed by atoms with Gasteiger partial charge in [-0.3, -0.25) is 9.69 Å². The zero-order valence-corrected chi connectivity index (χ0v) is 11.4. The third-order valence-corrected chi connectivity index (χ3v) is 3.78. The van der Waals surface area contributed by atoms with E-state index in [1.807, 2.05) is 0 Å². The lowest BCUT2D eigenvalue weighted by Gasteiger charge is -2.32. The molecule has 0 aromatic rings. The first-order valence-electron chi connectivity index (χ1n) is 6.89. The highest BCUT2D eigenvalue weighted by atomic mass is 16.5. The van der Waals surface area contributed by atoms with Gasteiger partial charge in [-0.25, -0.2) is 0 Å².